The van der Waals surface area contributed by atoms with Crippen molar-refractivity contribution in [3.63, 3.8) is 0 Å². The second kappa shape index (κ2) is 12.1. The van der Waals surface area contributed by atoms with E-state index >= 15 is 0 Å². The highest BCUT2D eigenvalue weighted by atomic mass is 19.4. The second-order valence-corrected chi connectivity index (χ2v) is 7.20. The number of halogens is 5. The lowest BCUT2D eigenvalue weighted by Crippen LogP contribution is -2.42. The van der Waals surface area contributed by atoms with Crippen LogP contribution in [0.5, 0.6) is 6.01 Å². The summed E-state index contributed by atoms with van der Waals surface area (Å²) >= 11 is 0. The topological polar surface area (TPSA) is 70.9 Å². The van der Waals surface area contributed by atoms with Crippen molar-refractivity contribution in [1.82, 2.24) is 14.9 Å². The zero-order valence-corrected chi connectivity index (χ0v) is 19.5. The van der Waals surface area contributed by atoms with Crippen LogP contribution in [-0.2, 0) is 6.18 Å². The lowest BCUT2D eigenvalue weighted by atomic mass is 10.1. The molecule has 0 aliphatic rings. The van der Waals surface area contributed by atoms with Crippen LogP contribution in [0.3, 0.4) is 0 Å². The fourth-order valence-electron chi connectivity index (χ4n) is 2.98. The van der Waals surface area contributed by atoms with Gasteiger partial charge < -0.3 is 9.64 Å². The molecule has 0 fully saturated rings. The van der Waals surface area contributed by atoms with E-state index in [9.17, 15) is 26.7 Å². The van der Waals surface area contributed by atoms with Gasteiger partial charge in [-0.3, -0.25) is 9.80 Å². The Kier molecular flexibility index (Phi) is 9.50. The number of hydrogen-bond acceptors (Lipinski definition) is 6. The first kappa shape index (κ1) is 27.5. The van der Waals surface area contributed by atoms with Gasteiger partial charge in [-0.05, 0) is 26.0 Å². The number of anilines is 1. The molecule has 35 heavy (non-hydrogen) atoms. The molecule has 0 saturated heterocycles. The van der Waals surface area contributed by atoms with Crippen LogP contribution < -0.4 is 9.75 Å². The molecular weight excluding hydrogens is 473 g/mol. The molecule has 1 heterocycles. The number of nitrogens with zero attached hydrogens (tertiary/aromatic N) is 5. The summed E-state index contributed by atoms with van der Waals surface area (Å²) in [7, 11) is 1.35. The fraction of sp³-hybridized carbons (Fsp3) is 0.391. The highest BCUT2D eigenvalue weighted by Gasteiger charge is 2.32. The number of benzene rings is 1. The van der Waals surface area contributed by atoms with Gasteiger partial charge in [-0.2, -0.15) is 18.3 Å². The predicted octanol–water partition coefficient (Wildman–Crippen LogP) is 4.54. The molecule has 1 atom stereocenters. The third-order valence-corrected chi connectivity index (χ3v) is 4.74. The molecule has 12 heteroatoms. The van der Waals surface area contributed by atoms with Gasteiger partial charge in [0.25, 0.3) is 5.91 Å². The Hall–Kier alpha value is -3.75. The van der Waals surface area contributed by atoms with Gasteiger partial charge in [0.1, 0.15) is 12.3 Å². The number of amides is 1. The third-order valence-electron chi connectivity index (χ3n) is 4.74. The number of alkyl halides is 3. The SMILES string of the molecule is CCC#C/C=N\N(C)c1c(C(=O)N(CC)C(C)COc2ncc(C(F)(F)F)cn2)ccc(F)c1F. The Balaban J connectivity index is 2.23. The Morgan fingerprint density at radius 1 is 1.23 bits per heavy atom. The predicted molar refractivity (Wildman–Crippen MR) is 120 cm³/mol. The zero-order chi connectivity index (χ0) is 26.2. The van der Waals surface area contributed by atoms with Gasteiger partial charge in [0.2, 0.25) is 0 Å². The van der Waals surface area contributed by atoms with Crippen LogP contribution in [0.25, 0.3) is 0 Å². The molecule has 188 valence electrons. The number of aromatic nitrogens is 2. The summed E-state index contributed by atoms with van der Waals surface area (Å²) in [6.45, 7) is 5.13. The summed E-state index contributed by atoms with van der Waals surface area (Å²) in [6, 6.07) is 1.06. The van der Waals surface area contributed by atoms with Crippen molar-refractivity contribution in [2.75, 3.05) is 25.2 Å². The first-order chi connectivity index (χ1) is 16.5. The first-order valence-corrected chi connectivity index (χ1v) is 10.6. The number of likely N-dealkylation sites (N-methyl/N-ethyl adjacent to an activating group) is 1. The summed E-state index contributed by atoms with van der Waals surface area (Å²) in [4.78, 5) is 21.6. The van der Waals surface area contributed by atoms with Gasteiger partial charge in [-0.25, -0.2) is 18.7 Å². The minimum absolute atomic E-state index is 0.147. The van der Waals surface area contributed by atoms with Gasteiger partial charge >= 0.3 is 12.2 Å². The zero-order valence-electron chi connectivity index (χ0n) is 19.5. The van der Waals surface area contributed by atoms with Gasteiger partial charge in [-0.1, -0.05) is 18.8 Å². The van der Waals surface area contributed by atoms with Gasteiger partial charge in [0, 0.05) is 32.4 Å². The van der Waals surface area contributed by atoms with Gasteiger partial charge in [-0.15, -0.1) is 0 Å². The van der Waals surface area contributed by atoms with Crippen molar-refractivity contribution in [2.24, 2.45) is 5.10 Å². The highest BCUT2D eigenvalue weighted by Crippen LogP contribution is 2.29. The Labute approximate surface area is 199 Å². The maximum absolute atomic E-state index is 14.7. The average Bonchev–Trinajstić information content (AvgIpc) is 2.82. The lowest BCUT2D eigenvalue weighted by Gasteiger charge is -2.29. The normalized spacial score (nSPS) is 12.1. The van der Waals surface area contributed by atoms with E-state index < -0.39 is 35.3 Å². The molecule has 0 saturated carbocycles. The van der Waals surface area contributed by atoms with Crippen LogP contribution in [0.1, 0.15) is 43.1 Å². The number of hydrazone groups is 1. The maximum Gasteiger partial charge on any atom is 0.419 e. The number of rotatable bonds is 8. The molecule has 7 nitrogen and oxygen atoms in total. The molecule has 0 aliphatic carbocycles. The van der Waals surface area contributed by atoms with Crippen LogP contribution in [0.15, 0.2) is 29.6 Å². The van der Waals surface area contributed by atoms with Crippen LogP contribution in [0.2, 0.25) is 0 Å². The van der Waals surface area contributed by atoms with Crippen molar-refractivity contribution in [1.29, 1.82) is 0 Å². The molecule has 0 aliphatic heterocycles. The molecule has 1 aromatic carbocycles. The fourth-order valence-corrected chi connectivity index (χ4v) is 2.98. The smallest absolute Gasteiger partial charge is 0.419 e. The summed E-state index contributed by atoms with van der Waals surface area (Å²) in [6.07, 6.45) is -1.62. The van der Waals surface area contributed by atoms with E-state index in [1.807, 2.05) is 6.92 Å². The van der Waals surface area contributed by atoms with Crippen molar-refractivity contribution >= 4 is 17.8 Å². The van der Waals surface area contributed by atoms with E-state index in [2.05, 4.69) is 26.9 Å². The third kappa shape index (κ3) is 7.11. The van der Waals surface area contributed by atoms with E-state index in [4.69, 9.17) is 4.74 Å². The highest BCUT2D eigenvalue weighted by molar-refractivity contribution is 6.00. The van der Waals surface area contributed by atoms with Gasteiger partial charge in [0.05, 0.1) is 23.4 Å². The van der Waals surface area contributed by atoms with E-state index in [0.29, 0.717) is 18.8 Å². The molecule has 1 unspecified atom stereocenters. The Morgan fingerprint density at radius 2 is 1.89 bits per heavy atom. The first-order valence-electron chi connectivity index (χ1n) is 10.6. The standard InChI is InChI=1S/C23H24F5N5O2/c1-5-7-8-11-31-32(4)20-17(9-10-18(24)19(20)25)21(34)33(6-2)15(3)14-35-22-29-12-16(13-30-22)23(26,27)28/h9-13,15H,5-6,14H2,1-4H3/b31-11-. The van der Waals surface area contributed by atoms with Crippen molar-refractivity contribution in [3.05, 3.63) is 47.3 Å². The number of carbonyl (C=O) groups is 1. The number of hydrogen-bond donors (Lipinski definition) is 0. The summed E-state index contributed by atoms with van der Waals surface area (Å²) in [5.74, 6) is 2.34. The monoisotopic (exact) mass is 497 g/mol. The summed E-state index contributed by atoms with van der Waals surface area (Å²) in [5.41, 5.74) is -1.55. The summed E-state index contributed by atoms with van der Waals surface area (Å²) in [5, 5.41) is 4.96. The number of ether oxygens (including phenoxy) is 1. The molecule has 2 rings (SSSR count). The van der Waals surface area contributed by atoms with Crippen LogP contribution in [0.4, 0.5) is 27.6 Å². The second-order valence-electron chi connectivity index (χ2n) is 7.20. The molecule has 0 radical (unpaired) electrons. The van der Waals surface area contributed by atoms with Gasteiger partial charge in [0.15, 0.2) is 11.6 Å². The molecular formula is C23H24F5N5O2. The van der Waals surface area contributed by atoms with E-state index in [-0.39, 0.29) is 30.4 Å². The molecule has 1 aromatic heterocycles. The molecule has 0 spiro atoms. The van der Waals surface area contributed by atoms with E-state index in [1.54, 1.807) is 13.8 Å². The maximum atomic E-state index is 14.7. The quantitative estimate of drug-likeness (QED) is 0.232. The van der Waals surface area contributed by atoms with Crippen molar-refractivity contribution < 1.29 is 31.5 Å². The average molecular weight is 497 g/mol. The largest absolute Gasteiger partial charge is 0.461 e. The van der Waals surface area contributed by atoms with Crippen LogP contribution >= 0.6 is 0 Å². The van der Waals surface area contributed by atoms with Crippen LogP contribution in [0, 0.1) is 23.5 Å². The van der Waals surface area contributed by atoms with Crippen LogP contribution in [-0.4, -0.2) is 53.2 Å². The van der Waals surface area contributed by atoms with E-state index in [0.717, 1.165) is 17.1 Å². The van der Waals surface area contributed by atoms with Crippen molar-refractivity contribution in [2.45, 2.75) is 39.4 Å². The Bertz CT molecular complexity index is 1110. The molecule has 0 N–H and O–H groups in total. The molecule has 0 bridgehead atoms. The van der Waals surface area contributed by atoms with E-state index in [1.165, 1.54) is 18.2 Å². The summed E-state index contributed by atoms with van der Waals surface area (Å²) < 4.78 is 71.9. The van der Waals surface area contributed by atoms with Crippen molar-refractivity contribution in [3.8, 4) is 17.9 Å². The minimum Gasteiger partial charge on any atom is -0.461 e. The number of carbonyl (C=O) groups excluding carboxylic acids is 1. The molecule has 2 aromatic rings. The molecule has 1 amide bonds. The Morgan fingerprint density at radius 3 is 2.46 bits per heavy atom. The minimum atomic E-state index is -4.58. The lowest BCUT2D eigenvalue weighted by molar-refractivity contribution is -0.138.